The summed E-state index contributed by atoms with van der Waals surface area (Å²) in [4.78, 5) is 9.45. The zero-order valence-corrected chi connectivity index (χ0v) is 14.6. The first kappa shape index (κ1) is 15.4. The van der Waals surface area contributed by atoms with Crippen molar-refractivity contribution in [3.8, 4) is 0 Å². The van der Waals surface area contributed by atoms with Crippen LogP contribution in [-0.4, -0.2) is 66.3 Å². The van der Waals surface area contributed by atoms with Gasteiger partial charge in [-0.15, -0.1) is 5.10 Å². The predicted octanol–water partition coefficient (Wildman–Crippen LogP) is 1.15. The van der Waals surface area contributed by atoms with Crippen molar-refractivity contribution in [1.29, 1.82) is 0 Å². The van der Waals surface area contributed by atoms with Crippen molar-refractivity contribution in [2.75, 3.05) is 26.2 Å². The van der Waals surface area contributed by atoms with Crippen LogP contribution in [0.1, 0.15) is 68.1 Å². The summed E-state index contributed by atoms with van der Waals surface area (Å²) in [6.07, 6.45) is 4.81. The van der Waals surface area contributed by atoms with E-state index in [0.29, 0.717) is 12.0 Å². The largest absolute Gasteiger partial charge is 0.338 e. The van der Waals surface area contributed by atoms with Crippen LogP contribution in [0.25, 0.3) is 0 Å². The molecule has 1 atom stereocenters. The molecule has 2 aromatic heterocycles. The van der Waals surface area contributed by atoms with Crippen LogP contribution in [0.2, 0.25) is 0 Å². The van der Waals surface area contributed by atoms with E-state index in [1.165, 1.54) is 25.7 Å². The molecule has 0 amide bonds. The highest BCUT2D eigenvalue weighted by molar-refractivity contribution is 5.05. The molecule has 25 heavy (non-hydrogen) atoms. The van der Waals surface area contributed by atoms with Gasteiger partial charge in [0.2, 0.25) is 5.89 Å². The van der Waals surface area contributed by atoms with Gasteiger partial charge in [0.1, 0.15) is 0 Å². The summed E-state index contributed by atoms with van der Waals surface area (Å²) in [7, 11) is 0. The van der Waals surface area contributed by atoms with Gasteiger partial charge in [-0.05, 0) is 43.0 Å². The van der Waals surface area contributed by atoms with Gasteiger partial charge in [-0.3, -0.25) is 9.80 Å². The molecule has 0 spiro atoms. The average Bonchev–Trinajstić information content (AvgIpc) is 3.57. The second-order valence-electron chi connectivity index (χ2n) is 7.52. The average molecular weight is 344 g/mol. The van der Waals surface area contributed by atoms with Crippen LogP contribution in [0, 0.1) is 0 Å². The normalized spacial score (nSPS) is 23.9. The summed E-state index contributed by atoms with van der Waals surface area (Å²) >= 11 is 0. The monoisotopic (exact) mass is 344 g/mol. The Bertz CT molecular complexity index is 726. The molecular formula is C16H24N8O. The number of rotatable bonds is 6. The first-order chi connectivity index (χ1) is 12.3. The maximum atomic E-state index is 5.50. The molecule has 3 aliphatic rings. The lowest BCUT2D eigenvalue weighted by atomic mass is 10.2. The van der Waals surface area contributed by atoms with Gasteiger partial charge in [0.25, 0.3) is 0 Å². The molecule has 5 rings (SSSR count). The van der Waals surface area contributed by atoms with Crippen molar-refractivity contribution in [3.63, 3.8) is 0 Å². The third kappa shape index (κ3) is 3.18. The number of aromatic nitrogens is 6. The molecule has 3 heterocycles. The maximum absolute atomic E-state index is 5.50. The molecule has 3 fully saturated rings. The van der Waals surface area contributed by atoms with E-state index in [0.717, 1.165) is 50.3 Å². The van der Waals surface area contributed by atoms with Gasteiger partial charge in [-0.2, -0.15) is 4.98 Å². The first-order valence-corrected chi connectivity index (χ1v) is 9.34. The van der Waals surface area contributed by atoms with Crippen LogP contribution in [0.3, 0.4) is 0 Å². The molecule has 9 heteroatoms. The number of piperazine rings is 1. The highest BCUT2D eigenvalue weighted by Gasteiger charge is 2.32. The summed E-state index contributed by atoms with van der Waals surface area (Å²) in [5.41, 5.74) is 0. The summed E-state index contributed by atoms with van der Waals surface area (Å²) in [6.45, 7) is 6.99. The fourth-order valence-electron chi connectivity index (χ4n) is 3.51. The Morgan fingerprint density at radius 3 is 2.64 bits per heavy atom. The Morgan fingerprint density at radius 2 is 1.92 bits per heavy atom. The maximum Gasteiger partial charge on any atom is 0.243 e. The zero-order valence-electron chi connectivity index (χ0n) is 14.6. The van der Waals surface area contributed by atoms with E-state index in [9.17, 15) is 0 Å². The van der Waals surface area contributed by atoms with Gasteiger partial charge in [0.05, 0.1) is 18.6 Å². The molecule has 0 aromatic carbocycles. The fraction of sp³-hybridized carbons (Fsp3) is 0.812. The minimum atomic E-state index is 0.180. The highest BCUT2D eigenvalue weighted by atomic mass is 16.5. The molecule has 0 radical (unpaired) electrons. The molecule has 2 saturated carbocycles. The van der Waals surface area contributed by atoms with Crippen molar-refractivity contribution in [2.45, 2.75) is 57.2 Å². The lowest BCUT2D eigenvalue weighted by molar-refractivity contribution is 0.0823. The molecule has 0 bridgehead atoms. The van der Waals surface area contributed by atoms with Crippen molar-refractivity contribution >= 4 is 0 Å². The topological polar surface area (TPSA) is 89.0 Å². The molecule has 0 N–H and O–H groups in total. The lowest BCUT2D eigenvalue weighted by Gasteiger charge is -2.36. The first-order valence-electron chi connectivity index (χ1n) is 9.34. The standard InChI is InChI=1S/C16H24N8O/c1-11(16-17-15(19-25-16)12-2-3-12)23-8-6-22(7-9-23)10-14-18-20-21-24(14)13-4-5-13/h11-13H,2-10H2,1H3/t11-/m0/s1. The van der Waals surface area contributed by atoms with Crippen LogP contribution in [0.4, 0.5) is 0 Å². The Kier molecular flexibility index (Phi) is 3.78. The number of nitrogens with zero attached hydrogens (tertiary/aromatic N) is 8. The molecule has 1 aliphatic heterocycles. The highest BCUT2D eigenvalue weighted by Crippen LogP contribution is 2.38. The third-order valence-corrected chi connectivity index (χ3v) is 5.53. The third-order valence-electron chi connectivity index (χ3n) is 5.53. The van der Waals surface area contributed by atoms with Crippen molar-refractivity contribution in [1.82, 2.24) is 40.1 Å². The van der Waals surface area contributed by atoms with Crippen LogP contribution in [0.15, 0.2) is 4.52 Å². The van der Waals surface area contributed by atoms with E-state index in [-0.39, 0.29) is 6.04 Å². The number of tetrazole rings is 1. The zero-order chi connectivity index (χ0) is 16.8. The van der Waals surface area contributed by atoms with Crippen LogP contribution < -0.4 is 0 Å². The van der Waals surface area contributed by atoms with Crippen molar-refractivity contribution in [2.24, 2.45) is 0 Å². The Morgan fingerprint density at radius 1 is 1.12 bits per heavy atom. The van der Waals surface area contributed by atoms with Crippen molar-refractivity contribution in [3.05, 3.63) is 17.5 Å². The van der Waals surface area contributed by atoms with Crippen LogP contribution >= 0.6 is 0 Å². The fourth-order valence-corrected chi connectivity index (χ4v) is 3.51. The Hall–Kier alpha value is -1.87. The van der Waals surface area contributed by atoms with Gasteiger partial charge in [0.15, 0.2) is 11.6 Å². The predicted molar refractivity (Wildman–Crippen MR) is 87.6 cm³/mol. The smallest absolute Gasteiger partial charge is 0.243 e. The van der Waals surface area contributed by atoms with Crippen LogP contribution in [-0.2, 0) is 6.54 Å². The second-order valence-corrected chi connectivity index (χ2v) is 7.52. The number of hydrogen-bond donors (Lipinski definition) is 0. The molecule has 9 nitrogen and oxygen atoms in total. The summed E-state index contributed by atoms with van der Waals surface area (Å²) in [5, 5.41) is 16.3. The molecule has 134 valence electrons. The Balaban J connectivity index is 1.17. The van der Waals surface area contributed by atoms with E-state index in [4.69, 9.17) is 4.52 Å². The van der Waals surface area contributed by atoms with E-state index in [1.54, 1.807) is 0 Å². The van der Waals surface area contributed by atoms with Gasteiger partial charge in [-0.1, -0.05) is 5.16 Å². The van der Waals surface area contributed by atoms with Gasteiger partial charge in [0, 0.05) is 32.1 Å². The lowest BCUT2D eigenvalue weighted by Crippen LogP contribution is -2.47. The quantitative estimate of drug-likeness (QED) is 0.771. The molecular weight excluding hydrogens is 320 g/mol. The van der Waals surface area contributed by atoms with Gasteiger partial charge >= 0.3 is 0 Å². The van der Waals surface area contributed by atoms with E-state index >= 15 is 0 Å². The number of hydrogen-bond acceptors (Lipinski definition) is 8. The SMILES string of the molecule is C[C@@H](c1nc(C2CC2)no1)N1CCN(Cc2nnnn2C2CC2)CC1. The van der Waals surface area contributed by atoms with Gasteiger partial charge < -0.3 is 4.52 Å². The second kappa shape index (κ2) is 6.14. The molecule has 0 unspecified atom stereocenters. The van der Waals surface area contributed by atoms with Gasteiger partial charge in [-0.25, -0.2) is 4.68 Å². The molecule has 1 saturated heterocycles. The minimum absolute atomic E-state index is 0.180. The van der Waals surface area contributed by atoms with E-state index in [2.05, 4.69) is 42.4 Å². The summed E-state index contributed by atoms with van der Waals surface area (Å²) in [6, 6.07) is 0.712. The van der Waals surface area contributed by atoms with E-state index in [1.807, 2.05) is 4.68 Å². The van der Waals surface area contributed by atoms with Crippen molar-refractivity contribution < 1.29 is 4.52 Å². The minimum Gasteiger partial charge on any atom is -0.338 e. The van der Waals surface area contributed by atoms with E-state index < -0.39 is 0 Å². The Labute approximate surface area is 146 Å². The molecule has 2 aromatic rings. The summed E-state index contributed by atoms with van der Waals surface area (Å²) < 4.78 is 7.50. The molecule has 2 aliphatic carbocycles. The van der Waals surface area contributed by atoms with Crippen LogP contribution in [0.5, 0.6) is 0 Å². The summed E-state index contributed by atoms with van der Waals surface area (Å²) in [5.74, 6) is 3.19.